The molecule has 0 aromatic heterocycles. The number of aliphatic hydroxyl groups excluding tert-OH is 1. The zero-order valence-electron chi connectivity index (χ0n) is 38.6. The normalized spacial score (nSPS) is 24.9. The fourth-order valence-corrected chi connectivity index (χ4v) is 8.34. The van der Waals surface area contributed by atoms with Gasteiger partial charge in [0, 0.05) is 7.11 Å². The number of methoxy groups -OCH3 is 2. The molecule has 6 aromatic rings. The van der Waals surface area contributed by atoms with Gasteiger partial charge in [-0.25, -0.2) is 0 Å². The van der Waals surface area contributed by atoms with Crippen LogP contribution in [0.15, 0.2) is 176 Å². The van der Waals surface area contributed by atoms with Gasteiger partial charge in [-0.3, -0.25) is 0 Å². The predicted molar refractivity (Wildman–Crippen MR) is 254 cm³/mol. The average Bonchev–Trinajstić information content (AvgIpc) is 3.40. The fourth-order valence-electron chi connectivity index (χ4n) is 8.34. The molecule has 2 saturated heterocycles. The lowest BCUT2D eigenvalue weighted by atomic mass is 9.97. The van der Waals surface area contributed by atoms with Gasteiger partial charge >= 0.3 is 0 Å². The summed E-state index contributed by atoms with van der Waals surface area (Å²) in [6.45, 7) is 1.51. The zero-order chi connectivity index (χ0) is 46.8. The molecule has 2 aliphatic heterocycles. The summed E-state index contributed by atoms with van der Waals surface area (Å²) in [5.74, 6) is 0.746. The summed E-state index contributed by atoms with van der Waals surface area (Å²) >= 11 is 0. The van der Waals surface area contributed by atoms with E-state index in [0.717, 1.165) is 39.1 Å². The molecule has 10 atom stereocenters. The summed E-state index contributed by atoms with van der Waals surface area (Å²) in [5.41, 5.74) is 5.74. The van der Waals surface area contributed by atoms with Crippen LogP contribution in [0.1, 0.15) is 33.4 Å². The van der Waals surface area contributed by atoms with Gasteiger partial charge in [0.1, 0.15) is 54.6 Å². The second-order valence-corrected chi connectivity index (χ2v) is 16.8. The van der Waals surface area contributed by atoms with Gasteiger partial charge < -0.3 is 57.2 Å². The van der Waals surface area contributed by atoms with E-state index in [1.54, 1.807) is 14.2 Å². The van der Waals surface area contributed by atoms with E-state index in [2.05, 4.69) is 0 Å². The molecule has 0 unspecified atom stereocenters. The van der Waals surface area contributed by atoms with Crippen LogP contribution in [0.2, 0.25) is 0 Å². The van der Waals surface area contributed by atoms with Crippen molar-refractivity contribution in [3.8, 4) is 5.75 Å². The van der Waals surface area contributed by atoms with Gasteiger partial charge in [-0.1, -0.05) is 164 Å². The van der Waals surface area contributed by atoms with Gasteiger partial charge in [0.2, 0.25) is 0 Å². The first-order valence-electron chi connectivity index (χ1n) is 23.2. The van der Waals surface area contributed by atoms with Crippen molar-refractivity contribution in [2.75, 3.05) is 27.4 Å². The van der Waals surface area contributed by atoms with E-state index in [0.29, 0.717) is 0 Å². The SMILES string of the molecule is COc1ccc(COC[C@H]2O[C@@H](OC[C@H]3O[C@H](OC)[C@H](OCc4ccccc4)[C@@H](OCc4ccccc4)[C@@H]3OCc3ccccc3)[C@H](OCc3ccccc3)[C@@H](OCc3ccccc3)[C@@H]2O)cc1. The van der Waals surface area contributed by atoms with Gasteiger partial charge in [-0.05, 0) is 45.5 Å². The monoisotopic (exact) mass is 926 g/mol. The van der Waals surface area contributed by atoms with Crippen molar-refractivity contribution < 1.29 is 57.2 Å². The van der Waals surface area contributed by atoms with E-state index in [9.17, 15) is 5.11 Å². The summed E-state index contributed by atoms with van der Waals surface area (Å²) < 4.78 is 71.7. The summed E-state index contributed by atoms with van der Waals surface area (Å²) in [6.07, 6.45) is -8.62. The molecule has 0 spiro atoms. The molecule has 2 fully saturated rings. The second-order valence-electron chi connectivity index (χ2n) is 16.8. The molecule has 6 aromatic carbocycles. The molecule has 0 radical (unpaired) electrons. The quantitative estimate of drug-likeness (QED) is 0.0626. The first-order chi connectivity index (χ1) is 33.5. The highest BCUT2D eigenvalue weighted by Gasteiger charge is 2.51. The zero-order valence-corrected chi connectivity index (χ0v) is 38.6. The molecule has 2 aliphatic rings. The van der Waals surface area contributed by atoms with E-state index < -0.39 is 61.4 Å². The maximum absolute atomic E-state index is 12.1. The van der Waals surface area contributed by atoms with Crippen LogP contribution in [0.25, 0.3) is 0 Å². The lowest BCUT2D eigenvalue weighted by molar-refractivity contribution is -0.348. The third kappa shape index (κ3) is 13.9. The van der Waals surface area contributed by atoms with Crippen molar-refractivity contribution in [3.05, 3.63) is 209 Å². The highest BCUT2D eigenvalue weighted by molar-refractivity contribution is 5.27. The second kappa shape index (κ2) is 25.9. The van der Waals surface area contributed by atoms with Crippen LogP contribution in [-0.2, 0) is 87.0 Å². The van der Waals surface area contributed by atoms with Gasteiger partial charge in [0.25, 0.3) is 0 Å². The van der Waals surface area contributed by atoms with Gasteiger partial charge in [-0.2, -0.15) is 0 Å². The number of aliphatic hydroxyl groups is 1. The Balaban J connectivity index is 1.08. The lowest BCUT2D eigenvalue weighted by Gasteiger charge is -2.47. The van der Waals surface area contributed by atoms with Gasteiger partial charge in [-0.15, -0.1) is 0 Å². The third-order valence-corrected chi connectivity index (χ3v) is 12.0. The first kappa shape index (κ1) is 49.1. The highest BCUT2D eigenvalue weighted by atomic mass is 16.7. The van der Waals surface area contributed by atoms with Crippen LogP contribution in [0, 0.1) is 0 Å². The van der Waals surface area contributed by atoms with E-state index >= 15 is 0 Å². The number of benzene rings is 6. The largest absolute Gasteiger partial charge is 0.497 e. The van der Waals surface area contributed by atoms with Gasteiger partial charge in [0.15, 0.2) is 12.6 Å². The molecule has 358 valence electrons. The number of hydrogen-bond donors (Lipinski definition) is 1. The Morgan fingerprint density at radius 2 is 0.750 bits per heavy atom. The van der Waals surface area contributed by atoms with Crippen molar-refractivity contribution >= 4 is 0 Å². The standard InChI is InChI=1S/C56H62O12/c1-58-46-30-28-45(29-31-46)32-60-38-47-49(57)51(62-34-41-20-10-4-11-21-41)53(64-36-43-24-14-6-15-25-43)56(67-47)66-39-48-50(61-33-40-18-8-3-9-19-40)52(63-35-42-22-12-5-13-23-42)54(55(59-2)68-48)65-37-44-26-16-7-17-27-44/h3-31,47-57H,32-39H2,1-2H3/t47-,48-,49-,50-,51+,52+,53-,54-,55+,56-/m1/s1. The molecule has 68 heavy (non-hydrogen) atoms. The first-order valence-corrected chi connectivity index (χ1v) is 23.2. The molecule has 12 heteroatoms. The maximum atomic E-state index is 12.1. The summed E-state index contributed by atoms with van der Waals surface area (Å²) in [6, 6.07) is 57.1. The molecule has 0 aliphatic carbocycles. The van der Waals surface area contributed by atoms with Crippen molar-refractivity contribution in [1.82, 2.24) is 0 Å². The summed E-state index contributed by atoms with van der Waals surface area (Å²) in [5, 5.41) is 12.1. The molecule has 8 rings (SSSR count). The van der Waals surface area contributed by atoms with E-state index in [4.69, 9.17) is 52.1 Å². The minimum Gasteiger partial charge on any atom is -0.497 e. The van der Waals surface area contributed by atoms with Crippen molar-refractivity contribution in [2.24, 2.45) is 0 Å². The minimum absolute atomic E-state index is 0.0357. The molecule has 0 amide bonds. The third-order valence-electron chi connectivity index (χ3n) is 12.0. The number of hydrogen-bond acceptors (Lipinski definition) is 12. The smallest absolute Gasteiger partial charge is 0.187 e. The highest BCUT2D eigenvalue weighted by Crippen LogP contribution is 2.34. The number of rotatable bonds is 24. The van der Waals surface area contributed by atoms with E-state index in [1.807, 2.05) is 176 Å². The summed E-state index contributed by atoms with van der Waals surface area (Å²) in [7, 11) is 3.22. The Kier molecular flexibility index (Phi) is 18.7. The van der Waals surface area contributed by atoms with E-state index in [-0.39, 0.29) is 52.9 Å². The molecular formula is C56H62O12. The summed E-state index contributed by atoms with van der Waals surface area (Å²) in [4.78, 5) is 0. The average molecular weight is 927 g/mol. The molecule has 0 bridgehead atoms. The van der Waals surface area contributed by atoms with Gasteiger partial charge in [0.05, 0.1) is 60.0 Å². The van der Waals surface area contributed by atoms with Crippen LogP contribution in [0.5, 0.6) is 5.75 Å². The van der Waals surface area contributed by atoms with Crippen molar-refractivity contribution in [3.63, 3.8) is 0 Å². The lowest BCUT2D eigenvalue weighted by Crippen LogP contribution is -2.63. The van der Waals surface area contributed by atoms with Crippen molar-refractivity contribution in [2.45, 2.75) is 101 Å². The van der Waals surface area contributed by atoms with Crippen LogP contribution in [0.4, 0.5) is 0 Å². The molecule has 2 heterocycles. The Labute approximate surface area is 399 Å². The molecular weight excluding hydrogens is 865 g/mol. The fraction of sp³-hybridized carbons (Fsp3) is 0.357. The molecule has 1 N–H and O–H groups in total. The maximum Gasteiger partial charge on any atom is 0.187 e. The van der Waals surface area contributed by atoms with Crippen LogP contribution in [0.3, 0.4) is 0 Å². The van der Waals surface area contributed by atoms with Crippen LogP contribution < -0.4 is 4.74 Å². The Morgan fingerprint density at radius 3 is 1.19 bits per heavy atom. The topological polar surface area (TPSA) is 122 Å². The van der Waals surface area contributed by atoms with E-state index in [1.165, 1.54) is 0 Å². The van der Waals surface area contributed by atoms with Crippen LogP contribution in [-0.4, -0.2) is 94.0 Å². The Bertz CT molecular complexity index is 2290. The Hall–Kier alpha value is -5.32. The van der Waals surface area contributed by atoms with Crippen molar-refractivity contribution in [1.29, 1.82) is 0 Å². The Morgan fingerprint density at radius 1 is 0.368 bits per heavy atom. The predicted octanol–water partition coefficient (Wildman–Crippen LogP) is 8.61. The minimum atomic E-state index is -1.15. The molecule has 12 nitrogen and oxygen atoms in total. The molecule has 0 saturated carbocycles. The number of ether oxygens (including phenoxy) is 11. The van der Waals surface area contributed by atoms with Crippen LogP contribution >= 0.6 is 0 Å².